The van der Waals surface area contributed by atoms with E-state index in [2.05, 4.69) is 18.7 Å². The molecule has 0 fully saturated rings. The van der Waals surface area contributed by atoms with E-state index < -0.39 is 0 Å². The first-order chi connectivity index (χ1) is 9.67. The van der Waals surface area contributed by atoms with Crippen molar-refractivity contribution in [2.45, 2.75) is 58.4 Å². The standard InChI is InChI=1S/C16H24N2O2/c1-3-5-6-7-10-17-14(4-2)11-13-12-15(18(19)20)8-9-16(13)17/h8-9,12,14H,3-7,10-11H2,1-2H3/t14-/m0/s1. The zero-order chi connectivity index (χ0) is 14.5. The summed E-state index contributed by atoms with van der Waals surface area (Å²) in [5.74, 6) is 0. The molecule has 1 atom stereocenters. The molecule has 2 rings (SSSR count). The van der Waals surface area contributed by atoms with Crippen LogP contribution in [0.15, 0.2) is 18.2 Å². The molecule has 0 bridgehead atoms. The van der Waals surface area contributed by atoms with Crippen LogP contribution in [-0.2, 0) is 6.42 Å². The Labute approximate surface area is 120 Å². The van der Waals surface area contributed by atoms with Crippen LogP contribution in [0.4, 0.5) is 11.4 Å². The Morgan fingerprint density at radius 3 is 2.75 bits per heavy atom. The summed E-state index contributed by atoms with van der Waals surface area (Å²) < 4.78 is 0. The van der Waals surface area contributed by atoms with Crippen molar-refractivity contribution in [3.63, 3.8) is 0 Å². The predicted molar refractivity (Wildman–Crippen MR) is 82.4 cm³/mol. The summed E-state index contributed by atoms with van der Waals surface area (Å²) in [4.78, 5) is 13.0. The van der Waals surface area contributed by atoms with Gasteiger partial charge in [-0.1, -0.05) is 33.1 Å². The fourth-order valence-electron chi connectivity index (χ4n) is 3.07. The van der Waals surface area contributed by atoms with Gasteiger partial charge in [-0.25, -0.2) is 0 Å². The van der Waals surface area contributed by atoms with Crippen LogP contribution in [0.3, 0.4) is 0 Å². The third-order valence-corrected chi connectivity index (χ3v) is 4.20. The van der Waals surface area contributed by atoms with Crippen molar-refractivity contribution in [1.29, 1.82) is 0 Å². The SMILES string of the molecule is CCCCCCN1c2ccc([N+](=O)[O-])cc2C[C@@H]1CC. The number of rotatable bonds is 7. The maximum atomic E-state index is 10.9. The van der Waals surface area contributed by atoms with Gasteiger partial charge in [0.1, 0.15) is 0 Å². The lowest BCUT2D eigenvalue weighted by Crippen LogP contribution is -2.32. The Morgan fingerprint density at radius 2 is 2.10 bits per heavy atom. The number of fused-ring (bicyclic) bond motifs is 1. The molecule has 0 saturated heterocycles. The van der Waals surface area contributed by atoms with E-state index in [0.29, 0.717) is 6.04 Å². The van der Waals surface area contributed by atoms with Gasteiger partial charge in [0, 0.05) is 30.4 Å². The lowest BCUT2D eigenvalue weighted by Gasteiger charge is -2.26. The third-order valence-electron chi connectivity index (χ3n) is 4.20. The monoisotopic (exact) mass is 276 g/mol. The molecule has 0 aromatic heterocycles. The molecule has 1 aliphatic rings. The van der Waals surface area contributed by atoms with Gasteiger partial charge >= 0.3 is 0 Å². The van der Waals surface area contributed by atoms with Crippen LogP contribution < -0.4 is 4.90 Å². The van der Waals surface area contributed by atoms with Crippen molar-refractivity contribution < 1.29 is 4.92 Å². The van der Waals surface area contributed by atoms with Gasteiger partial charge in [-0.2, -0.15) is 0 Å². The van der Waals surface area contributed by atoms with E-state index in [9.17, 15) is 10.1 Å². The second-order valence-electron chi connectivity index (χ2n) is 5.59. The van der Waals surface area contributed by atoms with E-state index in [1.807, 2.05) is 6.07 Å². The molecule has 0 spiro atoms. The largest absolute Gasteiger partial charge is 0.368 e. The highest BCUT2D eigenvalue weighted by atomic mass is 16.6. The molecule has 4 heteroatoms. The van der Waals surface area contributed by atoms with Gasteiger partial charge in [0.15, 0.2) is 0 Å². The van der Waals surface area contributed by atoms with Crippen LogP contribution in [-0.4, -0.2) is 17.5 Å². The molecule has 20 heavy (non-hydrogen) atoms. The summed E-state index contributed by atoms with van der Waals surface area (Å²) >= 11 is 0. The average molecular weight is 276 g/mol. The molecule has 0 aliphatic carbocycles. The molecule has 1 aliphatic heterocycles. The van der Waals surface area contributed by atoms with E-state index in [0.717, 1.165) is 24.9 Å². The number of non-ortho nitro benzene ring substituents is 1. The van der Waals surface area contributed by atoms with Crippen LogP contribution in [0.1, 0.15) is 51.5 Å². The fourth-order valence-corrected chi connectivity index (χ4v) is 3.07. The number of unbranched alkanes of at least 4 members (excludes halogenated alkanes) is 3. The van der Waals surface area contributed by atoms with Crippen molar-refractivity contribution in [1.82, 2.24) is 0 Å². The molecule has 0 radical (unpaired) electrons. The van der Waals surface area contributed by atoms with Gasteiger partial charge in [-0.15, -0.1) is 0 Å². The van der Waals surface area contributed by atoms with E-state index in [4.69, 9.17) is 0 Å². The summed E-state index contributed by atoms with van der Waals surface area (Å²) in [7, 11) is 0. The highest BCUT2D eigenvalue weighted by Crippen LogP contribution is 2.36. The second kappa shape index (κ2) is 6.73. The smallest absolute Gasteiger partial charge is 0.269 e. The summed E-state index contributed by atoms with van der Waals surface area (Å²) in [6.07, 6.45) is 7.06. The first-order valence-corrected chi connectivity index (χ1v) is 7.71. The third kappa shape index (κ3) is 3.11. The molecule has 0 N–H and O–H groups in total. The van der Waals surface area contributed by atoms with Crippen molar-refractivity contribution in [2.75, 3.05) is 11.4 Å². The maximum Gasteiger partial charge on any atom is 0.269 e. The van der Waals surface area contributed by atoms with Crippen molar-refractivity contribution in [3.8, 4) is 0 Å². The molecular formula is C16H24N2O2. The summed E-state index contributed by atoms with van der Waals surface area (Å²) in [6.45, 7) is 5.49. The molecule has 0 unspecified atom stereocenters. The molecule has 1 aromatic rings. The van der Waals surface area contributed by atoms with Gasteiger partial charge in [0.05, 0.1) is 4.92 Å². The van der Waals surface area contributed by atoms with Gasteiger partial charge in [0.2, 0.25) is 0 Å². The Balaban J connectivity index is 2.11. The maximum absolute atomic E-state index is 10.9. The molecule has 110 valence electrons. The summed E-state index contributed by atoms with van der Waals surface area (Å²) in [5.41, 5.74) is 2.56. The molecular weight excluding hydrogens is 252 g/mol. The van der Waals surface area contributed by atoms with Crippen molar-refractivity contribution >= 4 is 11.4 Å². The van der Waals surface area contributed by atoms with Crippen LogP contribution in [0.2, 0.25) is 0 Å². The highest BCUT2D eigenvalue weighted by molar-refractivity contribution is 5.62. The van der Waals surface area contributed by atoms with Crippen LogP contribution in [0.5, 0.6) is 0 Å². The van der Waals surface area contributed by atoms with E-state index in [-0.39, 0.29) is 10.6 Å². The van der Waals surface area contributed by atoms with Gasteiger partial charge in [-0.05, 0) is 30.9 Å². The number of nitro groups is 1. The molecule has 4 nitrogen and oxygen atoms in total. The number of hydrogen-bond donors (Lipinski definition) is 0. The Bertz CT molecular complexity index is 474. The Morgan fingerprint density at radius 1 is 1.30 bits per heavy atom. The number of hydrogen-bond acceptors (Lipinski definition) is 3. The first-order valence-electron chi connectivity index (χ1n) is 7.71. The number of anilines is 1. The number of benzene rings is 1. The van der Waals surface area contributed by atoms with Gasteiger partial charge < -0.3 is 4.90 Å². The normalized spacial score (nSPS) is 17.3. The number of nitrogens with zero attached hydrogens (tertiary/aromatic N) is 2. The molecule has 1 aromatic carbocycles. The zero-order valence-corrected chi connectivity index (χ0v) is 12.5. The Kier molecular flexibility index (Phi) is 4.99. The molecule has 1 heterocycles. The second-order valence-corrected chi connectivity index (χ2v) is 5.59. The topological polar surface area (TPSA) is 46.4 Å². The lowest BCUT2D eigenvalue weighted by molar-refractivity contribution is -0.384. The average Bonchev–Trinajstić information content (AvgIpc) is 2.80. The fraction of sp³-hybridized carbons (Fsp3) is 0.625. The minimum Gasteiger partial charge on any atom is -0.368 e. The van der Waals surface area contributed by atoms with Crippen LogP contribution in [0.25, 0.3) is 0 Å². The van der Waals surface area contributed by atoms with Gasteiger partial charge in [0.25, 0.3) is 5.69 Å². The van der Waals surface area contributed by atoms with Gasteiger partial charge in [-0.3, -0.25) is 10.1 Å². The molecule has 0 saturated carbocycles. The van der Waals surface area contributed by atoms with E-state index in [1.54, 1.807) is 12.1 Å². The minimum atomic E-state index is -0.300. The first kappa shape index (κ1) is 14.8. The van der Waals surface area contributed by atoms with E-state index >= 15 is 0 Å². The Hall–Kier alpha value is -1.58. The molecule has 0 amide bonds. The lowest BCUT2D eigenvalue weighted by atomic mass is 10.1. The summed E-state index contributed by atoms with van der Waals surface area (Å²) in [5, 5.41) is 10.9. The quantitative estimate of drug-likeness (QED) is 0.423. The highest BCUT2D eigenvalue weighted by Gasteiger charge is 2.28. The van der Waals surface area contributed by atoms with Crippen LogP contribution in [0, 0.1) is 10.1 Å². The minimum absolute atomic E-state index is 0.214. The predicted octanol–water partition coefficient (Wildman–Crippen LogP) is 4.32. The van der Waals surface area contributed by atoms with Crippen molar-refractivity contribution in [3.05, 3.63) is 33.9 Å². The van der Waals surface area contributed by atoms with Crippen molar-refractivity contribution in [2.24, 2.45) is 0 Å². The van der Waals surface area contributed by atoms with Crippen LogP contribution >= 0.6 is 0 Å². The number of nitro benzene ring substituents is 1. The summed E-state index contributed by atoms with van der Waals surface area (Å²) in [6, 6.07) is 5.83. The zero-order valence-electron chi connectivity index (χ0n) is 12.5. The van der Waals surface area contributed by atoms with E-state index in [1.165, 1.54) is 31.4 Å².